The minimum atomic E-state index is -1.03. The maximum absolute atomic E-state index is 12.2. The van der Waals surface area contributed by atoms with Gasteiger partial charge in [0, 0.05) is 18.9 Å². The van der Waals surface area contributed by atoms with E-state index in [1.165, 1.54) is 11.1 Å². The summed E-state index contributed by atoms with van der Waals surface area (Å²) in [4.78, 5) is 35.8. The number of alkyl carbamates (subject to hydrolysis) is 1. The largest absolute Gasteiger partial charge is 0.480 e. The Morgan fingerprint density at radius 1 is 1.00 bits per heavy atom. The van der Waals surface area contributed by atoms with E-state index < -0.39 is 18.1 Å². The molecule has 7 nitrogen and oxygen atoms in total. The van der Waals surface area contributed by atoms with Gasteiger partial charge in [0.1, 0.15) is 12.6 Å². The second kappa shape index (κ2) is 11.2. The van der Waals surface area contributed by atoms with Crippen LogP contribution in [-0.4, -0.2) is 42.3 Å². The fourth-order valence-corrected chi connectivity index (χ4v) is 4.19. The van der Waals surface area contributed by atoms with Gasteiger partial charge in [-0.15, -0.1) is 0 Å². The predicted octanol–water partition coefficient (Wildman–Crippen LogP) is 4.70. The number of hydrogen-bond acceptors (Lipinski definition) is 4. The van der Waals surface area contributed by atoms with E-state index in [4.69, 9.17) is 4.74 Å². The molecule has 0 aromatic heterocycles. The van der Waals surface area contributed by atoms with Crippen LogP contribution >= 0.6 is 0 Å². The fourth-order valence-electron chi connectivity index (χ4n) is 4.19. The van der Waals surface area contributed by atoms with Crippen LogP contribution in [0.2, 0.25) is 0 Å². The van der Waals surface area contributed by atoms with Gasteiger partial charge in [-0.25, -0.2) is 9.59 Å². The molecule has 2 amide bonds. The third kappa shape index (κ3) is 6.83. The lowest BCUT2D eigenvalue weighted by atomic mass is 9.88. The first-order chi connectivity index (χ1) is 16.2. The predicted molar refractivity (Wildman–Crippen MR) is 131 cm³/mol. The van der Waals surface area contributed by atoms with Crippen molar-refractivity contribution < 1.29 is 24.2 Å². The second-order valence-electron chi connectivity index (χ2n) is 9.91. The number of carboxylic acids is 1. The first-order valence-electron chi connectivity index (χ1n) is 11.8. The number of nitrogens with one attached hydrogen (secondary N) is 2. The summed E-state index contributed by atoms with van der Waals surface area (Å²) >= 11 is 0. The number of carboxylic acid groups (broad SMARTS) is 1. The summed E-state index contributed by atoms with van der Waals surface area (Å²) < 4.78 is 5.48. The summed E-state index contributed by atoms with van der Waals surface area (Å²) in [6.07, 6.45) is 1.05. The van der Waals surface area contributed by atoms with Crippen molar-refractivity contribution >= 4 is 18.0 Å². The lowest BCUT2D eigenvalue weighted by Crippen LogP contribution is -2.41. The van der Waals surface area contributed by atoms with Gasteiger partial charge in [0.05, 0.1) is 0 Å². The summed E-state index contributed by atoms with van der Waals surface area (Å²) in [7, 11) is 0. The van der Waals surface area contributed by atoms with E-state index in [9.17, 15) is 19.5 Å². The maximum Gasteiger partial charge on any atom is 0.407 e. The van der Waals surface area contributed by atoms with Crippen molar-refractivity contribution in [3.05, 3.63) is 59.7 Å². The number of fused-ring (bicyclic) bond motifs is 3. The monoisotopic (exact) mass is 466 g/mol. The number of amides is 2. The Balaban J connectivity index is 1.40. The fraction of sp³-hybridized carbons (Fsp3) is 0.444. The van der Waals surface area contributed by atoms with Gasteiger partial charge < -0.3 is 20.5 Å². The van der Waals surface area contributed by atoms with Crippen molar-refractivity contribution in [3.8, 4) is 11.1 Å². The number of hydrogen-bond donors (Lipinski definition) is 3. The van der Waals surface area contributed by atoms with Gasteiger partial charge in [-0.1, -0.05) is 69.3 Å². The van der Waals surface area contributed by atoms with E-state index in [1.807, 2.05) is 45.0 Å². The van der Waals surface area contributed by atoms with Crippen LogP contribution in [0.1, 0.15) is 63.5 Å². The Kier molecular flexibility index (Phi) is 8.31. The Bertz CT molecular complexity index is 982. The SMILES string of the molecule is CC(C)(C)CCC(NC(=O)CCCNC(=O)OCC1c2ccccc2-c2ccccc21)C(=O)O. The lowest BCUT2D eigenvalue weighted by Gasteiger charge is -2.21. The molecule has 0 bridgehead atoms. The highest BCUT2D eigenvalue weighted by Crippen LogP contribution is 2.44. The molecule has 0 saturated heterocycles. The van der Waals surface area contributed by atoms with Crippen LogP contribution in [-0.2, 0) is 14.3 Å². The van der Waals surface area contributed by atoms with Crippen LogP contribution in [0.3, 0.4) is 0 Å². The van der Waals surface area contributed by atoms with Gasteiger partial charge in [0.15, 0.2) is 0 Å². The molecule has 2 aromatic rings. The molecule has 34 heavy (non-hydrogen) atoms. The number of benzene rings is 2. The van der Waals surface area contributed by atoms with E-state index in [1.54, 1.807) is 0 Å². The molecule has 1 atom stereocenters. The minimum absolute atomic E-state index is 0.00857. The normalized spacial score (nSPS) is 13.5. The van der Waals surface area contributed by atoms with E-state index in [-0.39, 0.29) is 36.8 Å². The van der Waals surface area contributed by atoms with Crippen LogP contribution in [0, 0.1) is 5.41 Å². The third-order valence-electron chi connectivity index (χ3n) is 6.01. The van der Waals surface area contributed by atoms with Crippen molar-refractivity contribution in [1.82, 2.24) is 10.6 Å². The Morgan fingerprint density at radius 3 is 2.15 bits per heavy atom. The highest BCUT2D eigenvalue weighted by Gasteiger charge is 2.29. The Labute approximate surface area is 200 Å². The van der Waals surface area contributed by atoms with Crippen LogP contribution in [0.4, 0.5) is 4.79 Å². The molecule has 0 radical (unpaired) electrons. The zero-order valence-corrected chi connectivity index (χ0v) is 20.1. The van der Waals surface area contributed by atoms with Crippen molar-refractivity contribution in [1.29, 1.82) is 0 Å². The first kappa shape index (κ1) is 25.3. The van der Waals surface area contributed by atoms with Gasteiger partial charge in [-0.2, -0.15) is 0 Å². The molecule has 2 aromatic carbocycles. The number of ether oxygens (including phenoxy) is 1. The molecule has 0 spiro atoms. The summed E-state index contributed by atoms with van der Waals surface area (Å²) in [5.74, 6) is -1.38. The molecule has 0 saturated carbocycles. The zero-order chi connectivity index (χ0) is 24.7. The van der Waals surface area contributed by atoms with E-state index in [2.05, 4.69) is 34.9 Å². The smallest absolute Gasteiger partial charge is 0.407 e. The molecule has 182 valence electrons. The van der Waals surface area contributed by atoms with Gasteiger partial charge in [0.25, 0.3) is 0 Å². The number of carbonyl (C=O) groups excluding carboxylic acids is 2. The quantitative estimate of drug-likeness (QED) is 0.440. The number of carbonyl (C=O) groups is 3. The molecule has 0 fully saturated rings. The topological polar surface area (TPSA) is 105 Å². The molecular formula is C27H34N2O5. The lowest BCUT2D eigenvalue weighted by molar-refractivity contribution is -0.142. The maximum atomic E-state index is 12.2. The van der Waals surface area contributed by atoms with Gasteiger partial charge in [-0.3, -0.25) is 4.79 Å². The second-order valence-corrected chi connectivity index (χ2v) is 9.91. The summed E-state index contributed by atoms with van der Waals surface area (Å²) in [5, 5.41) is 14.6. The molecule has 7 heteroatoms. The van der Waals surface area contributed by atoms with Crippen LogP contribution in [0.5, 0.6) is 0 Å². The molecule has 1 aliphatic rings. The summed E-state index contributed by atoms with van der Waals surface area (Å²) in [6.45, 7) is 6.59. The molecule has 3 N–H and O–H groups in total. The zero-order valence-electron chi connectivity index (χ0n) is 20.1. The number of rotatable bonds is 10. The highest BCUT2D eigenvalue weighted by molar-refractivity contribution is 5.83. The molecule has 1 unspecified atom stereocenters. The Hall–Kier alpha value is -3.35. The van der Waals surface area contributed by atoms with Crippen molar-refractivity contribution in [3.63, 3.8) is 0 Å². The third-order valence-corrected chi connectivity index (χ3v) is 6.01. The first-order valence-corrected chi connectivity index (χ1v) is 11.8. The number of aliphatic carboxylic acids is 1. The van der Waals surface area contributed by atoms with Crippen molar-refractivity contribution in [2.24, 2.45) is 5.41 Å². The van der Waals surface area contributed by atoms with E-state index in [0.29, 0.717) is 19.3 Å². The standard InChI is InChI=1S/C27H34N2O5/c1-27(2,3)15-14-23(25(31)32)29-24(30)13-8-16-28-26(33)34-17-22-20-11-6-4-9-18(20)19-10-5-7-12-21(19)22/h4-7,9-12,22-23H,8,13-17H2,1-3H3,(H,28,33)(H,29,30)(H,31,32). The summed E-state index contributed by atoms with van der Waals surface area (Å²) in [5.41, 5.74) is 4.62. The minimum Gasteiger partial charge on any atom is -0.480 e. The van der Waals surface area contributed by atoms with E-state index in [0.717, 1.165) is 11.1 Å². The molecule has 0 heterocycles. The highest BCUT2D eigenvalue weighted by atomic mass is 16.5. The molecule has 3 rings (SSSR count). The van der Waals surface area contributed by atoms with Gasteiger partial charge in [0.2, 0.25) is 5.91 Å². The van der Waals surface area contributed by atoms with Crippen molar-refractivity contribution in [2.75, 3.05) is 13.2 Å². The van der Waals surface area contributed by atoms with Crippen LogP contribution < -0.4 is 10.6 Å². The average Bonchev–Trinajstić information content (AvgIpc) is 3.11. The average molecular weight is 467 g/mol. The molecule has 0 aliphatic heterocycles. The van der Waals surface area contributed by atoms with E-state index >= 15 is 0 Å². The van der Waals surface area contributed by atoms with Crippen LogP contribution in [0.15, 0.2) is 48.5 Å². The Morgan fingerprint density at radius 2 is 1.59 bits per heavy atom. The summed E-state index contributed by atoms with van der Waals surface area (Å²) in [6, 6.07) is 15.4. The van der Waals surface area contributed by atoms with Crippen molar-refractivity contribution in [2.45, 2.75) is 58.4 Å². The molecular weight excluding hydrogens is 432 g/mol. The van der Waals surface area contributed by atoms with Gasteiger partial charge >= 0.3 is 12.1 Å². The molecule has 1 aliphatic carbocycles. The van der Waals surface area contributed by atoms with Gasteiger partial charge in [-0.05, 0) is 46.9 Å². The van der Waals surface area contributed by atoms with Crippen LogP contribution in [0.25, 0.3) is 11.1 Å².